The highest BCUT2D eigenvalue weighted by atomic mass is 35.5. The third-order valence-electron chi connectivity index (χ3n) is 7.02. The molecule has 2 aromatic heterocycles. The number of imidazole rings is 1. The number of alkyl halides is 3. The van der Waals surface area contributed by atoms with Gasteiger partial charge in [-0.1, -0.05) is 30.5 Å². The topological polar surface area (TPSA) is 63.1 Å². The van der Waals surface area contributed by atoms with Crippen LogP contribution in [-0.4, -0.2) is 39.6 Å². The first-order chi connectivity index (χ1) is 16.7. The molecule has 0 bridgehead atoms. The van der Waals surface area contributed by atoms with Crippen molar-refractivity contribution in [2.24, 2.45) is 5.92 Å². The van der Waals surface area contributed by atoms with E-state index in [0.717, 1.165) is 37.3 Å². The van der Waals surface area contributed by atoms with E-state index >= 15 is 0 Å². The Morgan fingerprint density at radius 3 is 2.49 bits per heavy atom. The monoisotopic (exact) mass is 505 g/mol. The summed E-state index contributed by atoms with van der Waals surface area (Å²) in [7, 11) is 0. The Hall–Kier alpha value is -2.81. The van der Waals surface area contributed by atoms with Crippen LogP contribution < -0.4 is 10.2 Å². The summed E-state index contributed by atoms with van der Waals surface area (Å²) in [5.74, 6) is 0.670. The van der Waals surface area contributed by atoms with Gasteiger partial charge in [-0.05, 0) is 62.4 Å². The number of nitrogens with zero attached hydrogens (tertiary/aromatic N) is 4. The molecule has 1 amide bonds. The van der Waals surface area contributed by atoms with E-state index in [1.807, 2.05) is 17.9 Å². The molecule has 1 aliphatic carbocycles. The number of carbonyl (C=O) groups is 1. The first-order valence-electron chi connectivity index (χ1n) is 12.0. The molecule has 0 spiro atoms. The Kier molecular flexibility index (Phi) is 6.38. The van der Waals surface area contributed by atoms with Gasteiger partial charge in [0.2, 0.25) is 11.9 Å². The van der Waals surface area contributed by atoms with Crippen LogP contribution in [0.1, 0.15) is 49.8 Å². The van der Waals surface area contributed by atoms with Gasteiger partial charge in [-0.25, -0.2) is 9.97 Å². The van der Waals surface area contributed by atoms with Gasteiger partial charge in [-0.15, -0.1) is 0 Å². The van der Waals surface area contributed by atoms with Crippen LogP contribution in [0, 0.1) is 12.8 Å². The molecule has 0 unspecified atom stereocenters. The molecule has 2 aliphatic rings. The normalized spacial score (nSPS) is 17.9. The Morgan fingerprint density at radius 2 is 1.80 bits per heavy atom. The molecule has 1 aliphatic heterocycles. The average molecular weight is 506 g/mol. The number of benzene rings is 1. The van der Waals surface area contributed by atoms with Crippen LogP contribution in [0.2, 0.25) is 5.02 Å². The van der Waals surface area contributed by atoms with E-state index < -0.39 is 11.9 Å². The molecule has 2 fully saturated rings. The second kappa shape index (κ2) is 9.33. The van der Waals surface area contributed by atoms with Crippen LogP contribution in [0.4, 0.5) is 19.1 Å². The average Bonchev–Trinajstić information content (AvgIpc) is 3.47. The quantitative estimate of drug-likeness (QED) is 0.496. The van der Waals surface area contributed by atoms with Gasteiger partial charge < -0.3 is 10.2 Å². The summed E-state index contributed by atoms with van der Waals surface area (Å²) in [6.07, 6.45) is 1.15. The lowest BCUT2D eigenvalue weighted by Crippen LogP contribution is -2.43. The zero-order valence-corrected chi connectivity index (χ0v) is 20.2. The van der Waals surface area contributed by atoms with Gasteiger partial charge in [0.15, 0.2) is 0 Å². The molecule has 3 heterocycles. The predicted octanol–water partition coefficient (Wildman–Crippen LogP) is 5.68. The van der Waals surface area contributed by atoms with Crippen LogP contribution in [0.5, 0.6) is 0 Å². The maximum atomic E-state index is 13.4. The van der Waals surface area contributed by atoms with Gasteiger partial charge in [-0.3, -0.25) is 9.36 Å². The fourth-order valence-corrected chi connectivity index (χ4v) is 5.22. The van der Waals surface area contributed by atoms with Crippen molar-refractivity contribution < 1.29 is 18.0 Å². The van der Waals surface area contributed by atoms with Gasteiger partial charge in [0, 0.05) is 30.1 Å². The van der Waals surface area contributed by atoms with Crippen molar-refractivity contribution in [3.05, 3.63) is 46.6 Å². The molecule has 5 rings (SSSR count). The minimum absolute atomic E-state index is 0.0759. The van der Waals surface area contributed by atoms with E-state index in [0.29, 0.717) is 47.9 Å². The summed E-state index contributed by atoms with van der Waals surface area (Å²) in [5, 5.41) is 3.72. The van der Waals surface area contributed by atoms with Crippen LogP contribution in [0.25, 0.3) is 16.9 Å². The molecule has 10 heteroatoms. The minimum Gasteiger partial charge on any atom is -0.353 e. The summed E-state index contributed by atoms with van der Waals surface area (Å²) in [6.45, 7) is 2.97. The van der Waals surface area contributed by atoms with Crippen molar-refractivity contribution in [3.8, 4) is 5.82 Å². The van der Waals surface area contributed by atoms with Gasteiger partial charge >= 0.3 is 6.18 Å². The number of hydrogen-bond acceptors (Lipinski definition) is 4. The molecule has 186 valence electrons. The summed E-state index contributed by atoms with van der Waals surface area (Å²) < 4.78 is 41.9. The van der Waals surface area contributed by atoms with E-state index in [1.165, 1.54) is 6.07 Å². The van der Waals surface area contributed by atoms with Crippen LogP contribution in [0.15, 0.2) is 30.3 Å². The number of hydrogen-bond donors (Lipinski definition) is 1. The summed E-state index contributed by atoms with van der Waals surface area (Å²) in [6, 6.07) is 7.68. The van der Waals surface area contributed by atoms with Crippen molar-refractivity contribution in [2.45, 2.75) is 57.7 Å². The first kappa shape index (κ1) is 23.9. The van der Waals surface area contributed by atoms with E-state index in [2.05, 4.69) is 10.3 Å². The molecule has 0 radical (unpaired) electrons. The van der Waals surface area contributed by atoms with E-state index in [-0.39, 0.29) is 23.7 Å². The lowest BCUT2D eigenvalue weighted by atomic mass is 9.95. The Morgan fingerprint density at radius 1 is 1.09 bits per heavy atom. The molecule has 1 N–H and O–H groups in total. The first-order valence-corrected chi connectivity index (χ1v) is 12.4. The number of rotatable bonds is 4. The molecule has 1 saturated carbocycles. The minimum atomic E-state index is -4.56. The van der Waals surface area contributed by atoms with Crippen LogP contribution in [-0.2, 0) is 11.0 Å². The number of aryl methyl sites for hydroxylation is 1. The fourth-order valence-electron chi connectivity index (χ4n) is 5.06. The van der Waals surface area contributed by atoms with Crippen molar-refractivity contribution in [1.29, 1.82) is 0 Å². The zero-order chi connectivity index (χ0) is 24.7. The Balaban J connectivity index is 1.46. The number of piperidine rings is 1. The molecule has 1 aromatic carbocycles. The van der Waals surface area contributed by atoms with Gasteiger partial charge in [-0.2, -0.15) is 13.2 Å². The van der Waals surface area contributed by atoms with E-state index in [4.69, 9.17) is 16.6 Å². The highest BCUT2D eigenvalue weighted by Crippen LogP contribution is 2.34. The molecule has 1 saturated heterocycles. The number of nitrogens with one attached hydrogen (secondary N) is 1. The summed E-state index contributed by atoms with van der Waals surface area (Å²) in [5.41, 5.74) is 1.04. The number of fused-ring (bicyclic) bond motifs is 1. The number of amides is 1. The molecule has 0 atom stereocenters. The zero-order valence-electron chi connectivity index (χ0n) is 19.4. The lowest BCUT2D eigenvalue weighted by Gasteiger charge is -2.32. The number of aromatic nitrogens is 3. The molecule has 35 heavy (non-hydrogen) atoms. The smallest absolute Gasteiger partial charge is 0.353 e. The van der Waals surface area contributed by atoms with Gasteiger partial charge in [0.1, 0.15) is 11.5 Å². The van der Waals surface area contributed by atoms with E-state index in [1.54, 1.807) is 16.7 Å². The summed E-state index contributed by atoms with van der Waals surface area (Å²) in [4.78, 5) is 23.4. The van der Waals surface area contributed by atoms with Crippen molar-refractivity contribution in [3.63, 3.8) is 0 Å². The number of halogens is 4. The fraction of sp³-hybridized carbons (Fsp3) is 0.480. The SMILES string of the molecule is Cc1cc2c(cc1Cl)nc(N1CCC(C(=O)NC3CCCC3)CC1)n2-c1cccc(C(F)(F)F)n1. The van der Waals surface area contributed by atoms with Gasteiger partial charge in [0.05, 0.1) is 11.0 Å². The number of carbonyl (C=O) groups excluding carboxylic acids is 1. The molecule has 3 aromatic rings. The standard InChI is InChI=1S/C25H27ClF3N5O/c1-15-13-20-19(14-18(15)26)31-24(34(20)22-8-4-7-21(32-22)25(27,28)29)33-11-9-16(10-12-33)23(35)30-17-5-2-3-6-17/h4,7-8,13-14,16-17H,2-3,5-6,9-12H2,1H3,(H,30,35). The van der Waals surface area contributed by atoms with Crippen molar-refractivity contribution >= 4 is 34.5 Å². The molecule has 6 nitrogen and oxygen atoms in total. The Bertz CT molecular complexity index is 1240. The number of pyridine rings is 1. The Labute approximate surface area is 206 Å². The van der Waals surface area contributed by atoms with Crippen LogP contribution >= 0.6 is 11.6 Å². The lowest BCUT2D eigenvalue weighted by molar-refractivity contribution is -0.141. The van der Waals surface area contributed by atoms with Crippen molar-refractivity contribution in [1.82, 2.24) is 19.9 Å². The second-order valence-electron chi connectivity index (χ2n) is 9.47. The van der Waals surface area contributed by atoms with Gasteiger partial charge in [0.25, 0.3) is 0 Å². The maximum Gasteiger partial charge on any atom is 0.433 e. The summed E-state index contributed by atoms with van der Waals surface area (Å²) >= 11 is 6.32. The molecular weight excluding hydrogens is 479 g/mol. The second-order valence-corrected chi connectivity index (χ2v) is 9.87. The van der Waals surface area contributed by atoms with E-state index in [9.17, 15) is 18.0 Å². The molecular formula is C25H27ClF3N5O. The third-order valence-corrected chi connectivity index (χ3v) is 7.43. The maximum absolute atomic E-state index is 13.4. The predicted molar refractivity (Wildman–Crippen MR) is 129 cm³/mol. The highest BCUT2D eigenvalue weighted by Gasteiger charge is 2.34. The highest BCUT2D eigenvalue weighted by molar-refractivity contribution is 6.32. The largest absolute Gasteiger partial charge is 0.433 e. The third kappa shape index (κ3) is 4.83. The van der Waals surface area contributed by atoms with Crippen molar-refractivity contribution in [2.75, 3.05) is 18.0 Å². The van der Waals surface area contributed by atoms with Crippen LogP contribution in [0.3, 0.4) is 0 Å². The number of anilines is 1.